The average molecular weight is 438 g/mol. The lowest BCUT2D eigenvalue weighted by molar-refractivity contribution is -0.0498. The van der Waals surface area contributed by atoms with Gasteiger partial charge in [0, 0.05) is 17.8 Å². The Morgan fingerprint density at radius 3 is 2.75 bits per heavy atom. The molecule has 0 radical (unpaired) electrons. The molecular weight excluding hydrogens is 418 g/mol. The molecule has 1 aliphatic rings. The fourth-order valence-corrected chi connectivity index (χ4v) is 4.47. The number of rotatable bonds is 4. The van der Waals surface area contributed by atoms with Crippen LogP contribution in [0.4, 0.5) is 8.78 Å². The van der Waals surface area contributed by atoms with Crippen LogP contribution in [0.1, 0.15) is 29.9 Å². The van der Waals surface area contributed by atoms with E-state index in [0.29, 0.717) is 27.5 Å². The Hall–Kier alpha value is -3.71. The number of imidazole rings is 1. The van der Waals surface area contributed by atoms with Crippen LogP contribution in [-0.2, 0) is 0 Å². The molecule has 0 spiro atoms. The zero-order chi connectivity index (χ0) is 22.4. The highest BCUT2D eigenvalue weighted by atomic mass is 19.3. The molecule has 10 heteroatoms. The number of piperidine rings is 1. The summed E-state index contributed by atoms with van der Waals surface area (Å²) in [6.45, 7) is -1.26. The summed E-state index contributed by atoms with van der Waals surface area (Å²) in [7, 11) is 2.03. The molecule has 0 bridgehead atoms. The minimum Gasteiger partial charge on any atom is -0.432 e. The van der Waals surface area contributed by atoms with Crippen LogP contribution in [0.15, 0.2) is 29.3 Å². The number of aromatic amines is 3. The van der Waals surface area contributed by atoms with Gasteiger partial charge < -0.3 is 24.6 Å². The predicted molar refractivity (Wildman–Crippen MR) is 115 cm³/mol. The van der Waals surface area contributed by atoms with Crippen molar-refractivity contribution in [3.8, 4) is 23.2 Å². The number of halogens is 2. The summed E-state index contributed by atoms with van der Waals surface area (Å²) in [5.74, 6) is 0.332. The number of pyridine rings is 1. The maximum absolute atomic E-state index is 13.3. The molecule has 0 saturated carbocycles. The van der Waals surface area contributed by atoms with E-state index in [1.54, 1.807) is 12.1 Å². The van der Waals surface area contributed by atoms with Gasteiger partial charge >= 0.3 is 6.61 Å². The Morgan fingerprint density at radius 2 is 2.03 bits per heavy atom. The van der Waals surface area contributed by atoms with E-state index in [1.807, 2.05) is 7.05 Å². The number of benzene rings is 1. The summed E-state index contributed by atoms with van der Waals surface area (Å²) in [6.07, 6.45) is 4.63. The van der Waals surface area contributed by atoms with Crippen molar-refractivity contribution in [2.45, 2.75) is 25.4 Å². The number of H-pyrrole nitrogens is 3. The average Bonchev–Trinajstić information content (AvgIpc) is 3.38. The molecule has 32 heavy (non-hydrogen) atoms. The highest BCUT2D eigenvalue weighted by Gasteiger charge is 2.26. The first-order valence-electron chi connectivity index (χ1n) is 10.3. The number of alkyl halides is 2. The number of hydrogen-bond donors (Lipinski definition) is 3. The Morgan fingerprint density at radius 1 is 1.25 bits per heavy atom. The minimum absolute atomic E-state index is 0.0438. The number of nitriles is 1. The molecule has 0 unspecified atom stereocenters. The molecule has 0 aliphatic carbocycles. The number of likely N-dealkylation sites (tertiary alicyclic amines) is 1. The van der Waals surface area contributed by atoms with Gasteiger partial charge in [0.2, 0.25) is 0 Å². The first-order chi connectivity index (χ1) is 15.5. The first-order valence-corrected chi connectivity index (χ1v) is 10.3. The van der Waals surface area contributed by atoms with Crippen molar-refractivity contribution < 1.29 is 13.5 Å². The van der Waals surface area contributed by atoms with Gasteiger partial charge in [0.25, 0.3) is 5.56 Å². The molecule has 8 nitrogen and oxygen atoms in total. The Balaban J connectivity index is 1.69. The van der Waals surface area contributed by atoms with Crippen LogP contribution in [0.3, 0.4) is 0 Å². The van der Waals surface area contributed by atoms with Crippen LogP contribution < -0.4 is 10.3 Å². The molecule has 1 aromatic carbocycles. The summed E-state index contributed by atoms with van der Waals surface area (Å²) in [5, 5.41) is 9.83. The number of aromatic nitrogens is 4. The van der Waals surface area contributed by atoms with Crippen LogP contribution >= 0.6 is 0 Å². The monoisotopic (exact) mass is 438 g/mol. The topological polar surface area (TPSA) is 114 Å². The van der Waals surface area contributed by atoms with Crippen LogP contribution in [0.25, 0.3) is 33.3 Å². The second-order valence-corrected chi connectivity index (χ2v) is 8.02. The number of nitrogens with one attached hydrogen (secondary N) is 3. The molecule has 0 amide bonds. The molecule has 1 fully saturated rings. The van der Waals surface area contributed by atoms with Crippen molar-refractivity contribution in [1.82, 2.24) is 24.8 Å². The standard InChI is InChI=1S/C22H20F2N6O2/c1-30-6-4-11(5-7-30)13-2-3-15-18(19(13)32-22(23)24)29-20(28-15)16-17-14(10-27-21(16)31)12(8-25)9-26-17/h2-3,9-11,22,26H,4-7H2,1H3,(H,27,31)(H,28,29). The molecular formula is C22H20F2N6O2. The van der Waals surface area contributed by atoms with E-state index in [1.165, 1.54) is 12.4 Å². The predicted octanol–water partition coefficient (Wildman–Crippen LogP) is 3.68. The van der Waals surface area contributed by atoms with Gasteiger partial charge in [-0.15, -0.1) is 0 Å². The summed E-state index contributed by atoms with van der Waals surface area (Å²) < 4.78 is 31.6. The molecule has 4 heterocycles. The third-order valence-electron chi connectivity index (χ3n) is 6.11. The number of hydrogen-bond acceptors (Lipinski definition) is 5. The summed E-state index contributed by atoms with van der Waals surface area (Å²) in [4.78, 5) is 28.0. The lowest BCUT2D eigenvalue weighted by Gasteiger charge is -2.30. The molecule has 1 aliphatic heterocycles. The number of nitrogens with zero attached hydrogens (tertiary/aromatic N) is 3. The third kappa shape index (κ3) is 3.31. The number of fused-ring (bicyclic) bond motifs is 2. The van der Waals surface area contributed by atoms with E-state index in [2.05, 4.69) is 30.9 Å². The van der Waals surface area contributed by atoms with Gasteiger partial charge in [-0.2, -0.15) is 14.0 Å². The zero-order valence-electron chi connectivity index (χ0n) is 17.2. The Labute approximate surface area is 180 Å². The van der Waals surface area contributed by atoms with E-state index in [-0.39, 0.29) is 28.6 Å². The fraction of sp³-hybridized carbons (Fsp3) is 0.318. The van der Waals surface area contributed by atoms with Crippen molar-refractivity contribution in [3.63, 3.8) is 0 Å². The van der Waals surface area contributed by atoms with Crippen molar-refractivity contribution in [2.24, 2.45) is 0 Å². The lowest BCUT2D eigenvalue weighted by Crippen LogP contribution is -2.29. The Bertz CT molecular complexity index is 1410. The quantitative estimate of drug-likeness (QED) is 0.450. The number of ether oxygens (including phenoxy) is 1. The second-order valence-electron chi connectivity index (χ2n) is 8.02. The first kappa shape index (κ1) is 20.2. The maximum Gasteiger partial charge on any atom is 0.387 e. The molecule has 164 valence electrons. The van der Waals surface area contributed by atoms with Gasteiger partial charge in [-0.05, 0) is 50.5 Å². The summed E-state index contributed by atoms with van der Waals surface area (Å²) in [5.41, 5.74) is 2.02. The molecule has 5 rings (SSSR count). The Kier molecular flexibility index (Phi) is 4.90. The van der Waals surface area contributed by atoms with Gasteiger partial charge in [-0.1, -0.05) is 6.07 Å². The SMILES string of the molecule is CN1CCC(c2ccc3[nH]c(-c4c(=O)[nH]cc5c(C#N)c[nH]c45)nc3c2OC(F)F)CC1. The van der Waals surface area contributed by atoms with Crippen molar-refractivity contribution in [2.75, 3.05) is 20.1 Å². The maximum atomic E-state index is 13.3. The summed E-state index contributed by atoms with van der Waals surface area (Å²) in [6, 6.07) is 5.64. The highest BCUT2D eigenvalue weighted by Crippen LogP contribution is 2.40. The van der Waals surface area contributed by atoms with Crippen molar-refractivity contribution >= 4 is 21.9 Å². The molecule has 3 N–H and O–H groups in total. The fourth-order valence-electron chi connectivity index (χ4n) is 4.47. The smallest absolute Gasteiger partial charge is 0.387 e. The van der Waals surface area contributed by atoms with E-state index in [9.17, 15) is 18.8 Å². The highest BCUT2D eigenvalue weighted by molar-refractivity contribution is 5.97. The van der Waals surface area contributed by atoms with E-state index >= 15 is 0 Å². The second kappa shape index (κ2) is 7.76. The molecule has 4 aromatic rings. The van der Waals surface area contributed by atoms with E-state index < -0.39 is 12.2 Å². The van der Waals surface area contributed by atoms with Gasteiger partial charge in [0.15, 0.2) is 5.75 Å². The van der Waals surface area contributed by atoms with Gasteiger partial charge in [-0.25, -0.2) is 4.98 Å². The van der Waals surface area contributed by atoms with Crippen LogP contribution in [0.2, 0.25) is 0 Å². The molecule has 1 saturated heterocycles. The van der Waals surface area contributed by atoms with Crippen LogP contribution in [0, 0.1) is 11.3 Å². The lowest BCUT2D eigenvalue weighted by atomic mass is 9.88. The third-order valence-corrected chi connectivity index (χ3v) is 6.11. The largest absolute Gasteiger partial charge is 0.432 e. The minimum atomic E-state index is -3.00. The van der Waals surface area contributed by atoms with Crippen LogP contribution in [-0.4, -0.2) is 51.6 Å². The van der Waals surface area contributed by atoms with Crippen molar-refractivity contribution in [1.29, 1.82) is 5.26 Å². The normalized spacial score (nSPS) is 15.6. The molecule has 0 atom stereocenters. The van der Waals surface area contributed by atoms with E-state index in [4.69, 9.17) is 4.74 Å². The van der Waals surface area contributed by atoms with E-state index in [0.717, 1.165) is 25.9 Å². The van der Waals surface area contributed by atoms with Gasteiger partial charge in [0.1, 0.15) is 23.0 Å². The van der Waals surface area contributed by atoms with Crippen LogP contribution in [0.5, 0.6) is 5.75 Å². The van der Waals surface area contributed by atoms with Crippen molar-refractivity contribution in [3.05, 3.63) is 46.0 Å². The molecule has 3 aromatic heterocycles. The zero-order valence-corrected chi connectivity index (χ0v) is 17.2. The summed E-state index contributed by atoms with van der Waals surface area (Å²) >= 11 is 0. The van der Waals surface area contributed by atoms with Gasteiger partial charge in [0.05, 0.1) is 16.6 Å². The van der Waals surface area contributed by atoms with Gasteiger partial charge in [-0.3, -0.25) is 4.79 Å².